The SMILES string of the molecule is O=C(NC1CCN(C(=O)OCc2cc(Cl)cc(Cl)c2)CC1)c1nc(-c2ccc(CP(=O)(O)O)cc2)cs1. The first-order chi connectivity index (χ1) is 17.6. The first-order valence-electron chi connectivity index (χ1n) is 11.3. The highest BCUT2D eigenvalue weighted by molar-refractivity contribution is 7.50. The number of nitrogens with zero attached hydrogens (tertiary/aromatic N) is 2. The zero-order chi connectivity index (χ0) is 26.6. The Hall–Kier alpha value is -2.46. The van der Waals surface area contributed by atoms with Crippen LogP contribution in [0, 0.1) is 0 Å². The molecule has 37 heavy (non-hydrogen) atoms. The van der Waals surface area contributed by atoms with Gasteiger partial charge in [0, 0.05) is 40.1 Å². The fourth-order valence-corrected chi connectivity index (χ4v) is 5.90. The summed E-state index contributed by atoms with van der Waals surface area (Å²) in [5, 5.41) is 6.00. The molecule has 2 aromatic carbocycles. The predicted octanol–water partition coefficient (Wildman–Crippen LogP) is 5.33. The Kier molecular flexibility index (Phi) is 8.90. The largest absolute Gasteiger partial charge is 0.445 e. The summed E-state index contributed by atoms with van der Waals surface area (Å²) < 4.78 is 16.5. The average Bonchev–Trinajstić information content (AvgIpc) is 3.32. The lowest BCUT2D eigenvalue weighted by molar-refractivity contribution is 0.0809. The van der Waals surface area contributed by atoms with Gasteiger partial charge in [-0.2, -0.15) is 0 Å². The molecule has 13 heteroatoms. The topological polar surface area (TPSA) is 129 Å². The molecule has 1 aliphatic heterocycles. The van der Waals surface area contributed by atoms with Crippen LogP contribution in [0.15, 0.2) is 47.8 Å². The number of likely N-dealkylation sites (tertiary alicyclic amines) is 1. The number of rotatable bonds is 7. The molecule has 1 aliphatic rings. The third-order valence-electron chi connectivity index (χ3n) is 5.71. The van der Waals surface area contributed by atoms with Crippen molar-refractivity contribution < 1.29 is 28.7 Å². The van der Waals surface area contributed by atoms with Crippen molar-refractivity contribution in [2.45, 2.75) is 31.7 Å². The third-order valence-corrected chi connectivity index (χ3v) is 7.76. The van der Waals surface area contributed by atoms with Crippen LogP contribution < -0.4 is 5.32 Å². The van der Waals surface area contributed by atoms with Gasteiger partial charge in [-0.3, -0.25) is 9.36 Å². The van der Waals surface area contributed by atoms with Crippen LogP contribution in [0.3, 0.4) is 0 Å². The highest BCUT2D eigenvalue weighted by Gasteiger charge is 2.26. The second kappa shape index (κ2) is 11.9. The number of amides is 2. The molecule has 0 spiro atoms. The Morgan fingerprint density at radius 2 is 1.73 bits per heavy atom. The zero-order valence-electron chi connectivity index (χ0n) is 19.5. The van der Waals surface area contributed by atoms with Crippen LogP contribution in [-0.2, 0) is 22.1 Å². The van der Waals surface area contributed by atoms with Crippen LogP contribution in [-0.4, -0.2) is 50.8 Å². The molecule has 3 N–H and O–H groups in total. The van der Waals surface area contributed by atoms with Gasteiger partial charge >= 0.3 is 13.7 Å². The molecule has 0 aliphatic carbocycles. The molecule has 9 nitrogen and oxygen atoms in total. The zero-order valence-corrected chi connectivity index (χ0v) is 22.7. The van der Waals surface area contributed by atoms with Crippen molar-refractivity contribution in [1.29, 1.82) is 0 Å². The van der Waals surface area contributed by atoms with Gasteiger partial charge in [0.15, 0.2) is 5.01 Å². The Morgan fingerprint density at radius 1 is 1.08 bits per heavy atom. The lowest BCUT2D eigenvalue weighted by Crippen LogP contribution is -2.46. The van der Waals surface area contributed by atoms with E-state index in [1.165, 1.54) is 11.3 Å². The smallest absolute Gasteiger partial charge is 0.410 e. The minimum atomic E-state index is -4.13. The number of thiazole rings is 1. The Morgan fingerprint density at radius 3 is 2.35 bits per heavy atom. The number of piperidine rings is 1. The molecule has 196 valence electrons. The third kappa shape index (κ3) is 8.01. The van der Waals surface area contributed by atoms with Crippen molar-refractivity contribution in [3.63, 3.8) is 0 Å². The van der Waals surface area contributed by atoms with E-state index in [9.17, 15) is 14.2 Å². The lowest BCUT2D eigenvalue weighted by atomic mass is 10.1. The van der Waals surface area contributed by atoms with E-state index in [2.05, 4.69) is 10.3 Å². The van der Waals surface area contributed by atoms with Crippen LogP contribution in [0.4, 0.5) is 4.79 Å². The number of carbonyl (C=O) groups is 2. The van der Waals surface area contributed by atoms with Gasteiger partial charge in [0.1, 0.15) is 6.61 Å². The van der Waals surface area contributed by atoms with Crippen LogP contribution in [0.25, 0.3) is 11.3 Å². The molecular formula is C24H24Cl2N3O6PS. The quantitative estimate of drug-likeness (QED) is 0.321. The molecule has 0 bridgehead atoms. The molecule has 1 aromatic heterocycles. The molecule has 4 rings (SSSR count). The molecule has 2 heterocycles. The molecule has 0 atom stereocenters. The number of halogens is 2. The fraction of sp³-hybridized carbons (Fsp3) is 0.292. The maximum Gasteiger partial charge on any atom is 0.410 e. The molecule has 0 saturated carbocycles. The monoisotopic (exact) mass is 583 g/mol. The average molecular weight is 584 g/mol. The molecular weight excluding hydrogens is 560 g/mol. The van der Waals surface area contributed by atoms with Crippen LogP contribution in [0.2, 0.25) is 10.0 Å². The Balaban J connectivity index is 1.25. The van der Waals surface area contributed by atoms with E-state index in [1.54, 1.807) is 52.7 Å². The molecule has 0 unspecified atom stereocenters. The number of ether oxygens (including phenoxy) is 1. The minimum absolute atomic E-state index is 0.0640. The van der Waals surface area contributed by atoms with Crippen molar-refractivity contribution in [3.8, 4) is 11.3 Å². The van der Waals surface area contributed by atoms with Gasteiger partial charge in [-0.15, -0.1) is 11.3 Å². The first-order valence-corrected chi connectivity index (χ1v) is 14.8. The number of benzene rings is 2. The van der Waals surface area contributed by atoms with Gasteiger partial charge in [0.25, 0.3) is 5.91 Å². The highest BCUT2D eigenvalue weighted by Crippen LogP contribution is 2.39. The lowest BCUT2D eigenvalue weighted by Gasteiger charge is -2.31. The minimum Gasteiger partial charge on any atom is -0.445 e. The van der Waals surface area contributed by atoms with Crippen LogP contribution >= 0.6 is 42.1 Å². The molecule has 3 aromatic rings. The van der Waals surface area contributed by atoms with Crippen molar-refractivity contribution in [1.82, 2.24) is 15.2 Å². The number of aromatic nitrogens is 1. The van der Waals surface area contributed by atoms with Crippen molar-refractivity contribution in [2.24, 2.45) is 0 Å². The highest BCUT2D eigenvalue weighted by atomic mass is 35.5. The number of hydrogen-bond donors (Lipinski definition) is 3. The maximum absolute atomic E-state index is 12.7. The van der Waals surface area contributed by atoms with Crippen molar-refractivity contribution in [3.05, 3.63) is 74.0 Å². The van der Waals surface area contributed by atoms with E-state index in [0.717, 1.165) is 5.56 Å². The summed E-state index contributed by atoms with van der Waals surface area (Å²) in [5.41, 5.74) is 2.58. The van der Waals surface area contributed by atoms with E-state index in [-0.39, 0.29) is 24.7 Å². The number of nitrogens with one attached hydrogen (secondary N) is 1. The summed E-state index contributed by atoms with van der Waals surface area (Å²) in [6, 6.07) is 11.6. The summed E-state index contributed by atoms with van der Waals surface area (Å²) in [6.45, 7) is 0.961. The van der Waals surface area contributed by atoms with E-state index in [0.29, 0.717) is 57.8 Å². The fourth-order valence-electron chi connectivity index (χ4n) is 3.91. The molecule has 2 amide bonds. The van der Waals surface area contributed by atoms with Crippen LogP contribution in [0.1, 0.15) is 33.8 Å². The summed E-state index contributed by atoms with van der Waals surface area (Å²) in [4.78, 5) is 49.4. The van der Waals surface area contributed by atoms with E-state index in [4.69, 9.17) is 37.7 Å². The second-order valence-electron chi connectivity index (χ2n) is 8.62. The molecule has 0 radical (unpaired) electrons. The molecule has 1 saturated heterocycles. The Bertz CT molecular complexity index is 1300. The number of hydrogen-bond acceptors (Lipinski definition) is 6. The van der Waals surface area contributed by atoms with Gasteiger partial charge in [-0.05, 0) is 42.2 Å². The first kappa shape index (κ1) is 27.6. The Labute approximate surface area is 227 Å². The van der Waals surface area contributed by atoms with Gasteiger partial charge in [0.2, 0.25) is 0 Å². The number of carbonyl (C=O) groups excluding carboxylic acids is 2. The van der Waals surface area contributed by atoms with Crippen molar-refractivity contribution >= 4 is 54.1 Å². The van der Waals surface area contributed by atoms with Gasteiger partial charge in [-0.25, -0.2) is 9.78 Å². The van der Waals surface area contributed by atoms with E-state index < -0.39 is 13.7 Å². The van der Waals surface area contributed by atoms with Gasteiger partial charge in [-0.1, -0.05) is 47.5 Å². The normalized spacial score (nSPS) is 14.4. The predicted molar refractivity (Wildman–Crippen MR) is 142 cm³/mol. The summed E-state index contributed by atoms with van der Waals surface area (Å²) in [7, 11) is -4.13. The molecule has 1 fully saturated rings. The van der Waals surface area contributed by atoms with Gasteiger partial charge < -0.3 is 24.7 Å². The van der Waals surface area contributed by atoms with Crippen molar-refractivity contribution in [2.75, 3.05) is 13.1 Å². The van der Waals surface area contributed by atoms with Crippen LogP contribution in [0.5, 0.6) is 0 Å². The van der Waals surface area contributed by atoms with E-state index in [1.807, 2.05) is 0 Å². The standard InChI is InChI=1S/C24H24Cl2N3O6PS/c25-18-9-16(10-19(26)11-18)12-35-24(31)29-7-5-20(6-8-29)27-22(30)23-28-21(14-37-23)17-3-1-15(2-4-17)13-36(32,33)34/h1-4,9-11,14,20H,5-8,12-13H2,(H,27,30)(H2,32,33,34). The summed E-state index contributed by atoms with van der Waals surface area (Å²) in [5.74, 6) is -0.284. The van der Waals surface area contributed by atoms with E-state index >= 15 is 0 Å². The summed E-state index contributed by atoms with van der Waals surface area (Å²) >= 11 is 13.2. The maximum atomic E-state index is 12.7. The summed E-state index contributed by atoms with van der Waals surface area (Å²) in [6.07, 6.45) is 0.412. The van der Waals surface area contributed by atoms with Gasteiger partial charge in [0.05, 0.1) is 11.9 Å². The second-order valence-corrected chi connectivity index (χ2v) is 12.0.